The van der Waals surface area contributed by atoms with E-state index in [-0.39, 0.29) is 19.0 Å². The number of nitrogens with one attached hydrogen (secondary N) is 2. The zero-order valence-electron chi connectivity index (χ0n) is 11.3. The Hall–Kier alpha value is -1.63. The lowest BCUT2D eigenvalue weighted by Crippen LogP contribution is -2.37. The Morgan fingerprint density at radius 1 is 1.20 bits per heavy atom. The molecular weight excluding hydrogens is 278 g/mol. The minimum Gasteiger partial charge on any atom is -0.481 e. The number of fused-ring (bicyclic) bond motifs is 1. The van der Waals surface area contributed by atoms with E-state index >= 15 is 0 Å². The molecular formula is C13H19N3O3S. The third kappa shape index (κ3) is 4.48. The number of hydrogen-bond donors (Lipinski definition) is 3. The molecule has 0 spiro atoms. The fourth-order valence-corrected chi connectivity index (χ4v) is 3.30. The molecule has 0 atom stereocenters. The average molecular weight is 297 g/mol. The molecule has 0 saturated carbocycles. The van der Waals surface area contributed by atoms with E-state index in [1.54, 1.807) is 11.3 Å². The molecule has 1 aliphatic carbocycles. The lowest BCUT2D eigenvalue weighted by atomic mass is 10.0. The summed E-state index contributed by atoms with van der Waals surface area (Å²) in [5, 5.41) is 14.7. The maximum Gasteiger partial charge on any atom is 0.314 e. The van der Waals surface area contributed by atoms with Crippen molar-refractivity contribution in [3.05, 3.63) is 15.6 Å². The second kappa shape index (κ2) is 7.23. The van der Waals surface area contributed by atoms with Gasteiger partial charge in [-0.2, -0.15) is 0 Å². The molecule has 6 nitrogen and oxygen atoms in total. The third-order valence-electron chi connectivity index (χ3n) is 3.14. The number of carboxylic acids is 1. The van der Waals surface area contributed by atoms with Gasteiger partial charge in [0.1, 0.15) is 0 Å². The number of carbonyl (C=O) groups excluding carboxylic acids is 1. The van der Waals surface area contributed by atoms with E-state index < -0.39 is 5.97 Å². The van der Waals surface area contributed by atoms with Gasteiger partial charge in [0.05, 0.1) is 17.1 Å². The number of aromatic nitrogens is 1. The topological polar surface area (TPSA) is 91.3 Å². The monoisotopic (exact) mass is 297 g/mol. The van der Waals surface area contributed by atoms with Crippen LogP contribution in [0.2, 0.25) is 0 Å². The fraction of sp³-hybridized carbons (Fsp3) is 0.615. The summed E-state index contributed by atoms with van der Waals surface area (Å²) in [6.07, 6.45) is 5.35. The second-order valence-electron chi connectivity index (χ2n) is 4.76. The van der Waals surface area contributed by atoms with E-state index in [1.807, 2.05) is 0 Å². The van der Waals surface area contributed by atoms with E-state index in [0.29, 0.717) is 6.54 Å². The van der Waals surface area contributed by atoms with Crippen molar-refractivity contribution < 1.29 is 14.7 Å². The minimum absolute atomic E-state index is 0.0629. The van der Waals surface area contributed by atoms with Crippen LogP contribution in [0.4, 0.5) is 4.79 Å². The van der Waals surface area contributed by atoms with Crippen LogP contribution in [0.15, 0.2) is 0 Å². The molecule has 2 amide bonds. The Morgan fingerprint density at radius 3 is 2.70 bits per heavy atom. The van der Waals surface area contributed by atoms with Gasteiger partial charge in [-0.1, -0.05) is 0 Å². The number of aryl methyl sites for hydroxylation is 2. The molecule has 0 bridgehead atoms. The first-order valence-electron chi connectivity index (χ1n) is 6.86. The molecule has 0 aliphatic heterocycles. The quantitative estimate of drug-likeness (QED) is 0.739. The molecule has 0 saturated heterocycles. The second-order valence-corrected chi connectivity index (χ2v) is 5.93. The lowest BCUT2D eigenvalue weighted by Gasteiger charge is -2.06. The van der Waals surface area contributed by atoms with Crippen LogP contribution in [0, 0.1) is 0 Å². The van der Waals surface area contributed by atoms with Crippen molar-refractivity contribution in [3.63, 3.8) is 0 Å². The Kier molecular flexibility index (Phi) is 5.34. The van der Waals surface area contributed by atoms with Crippen molar-refractivity contribution in [3.8, 4) is 0 Å². The van der Waals surface area contributed by atoms with Crippen LogP contribution in [0.25, 0.3) is 0 Å². The van der Waals surface area contributed by atoms with Gasteiger partial charge in [-0.15, -0.1) is 11.3 Å². The number of thiazole rings is 1. The number of hydrogen-bond acceptors (Lipinski definition) is 4. The Labute approximate surface area is 121 Å². The van der Waals surface area contributed by atoms with Crippen LogP contribution in [0.1, 0.15) is 34.8 Å². The first-order valence-corrected chi connectivity index (χ1v) is 7.68. The maximum absolute atomic E-state index is 11.4. The summed E-state index contributed by atoms with van der Waals surface area (Å²) in [6.45, 7) is 0.665. The van der Waals surface area contributed by atoms with E-state index in [0.717, 1.165) is 24.3 Å². The zero-order chi connectivity index (χ0) is 14.4. The average Bonchev–Trinajstić information content (AvgIpc) is 2.80. The number of rotatable bonds is 6. The molecule has 1 heterocycles. The molecule has 20 heavy (non-hydrogen) atoms. The largest absolute Gasteiger partial charge is 0.481 e. The number of aliphatic carboxylic acids is 1. The fourth-order valence-electron chi connectivity index (χ4n) is 2.14. The van der Waals surface area contributed by atoms with Gasteiger partial charge >= 0.3 is 12.0 Å². The van der Waals surface area contributed by atoms with Crippen molar-refractivity contribution in [2.75, 3.05) is 13.1 Å². The van der Waals surface area contributed by atoms with Crippen molar-refractivity contribution in [1.82, 2.24) is 15.6 Å². The zero-order valence-corrected chi connectivity index (χ0v) is 12.1. The highest BCUT2D eigenvalue weighted by Gasteiger charge is 2.14. The molecule has 0 unspecified atom stereocenters. The van der Waals surface area contributed by atoms with E-state index in [1.165, 1.54) is 23.4 Å². The molecule has 3 N–H and O–H groups in total. The molecule has 0 aromatic carbocycles. The number of carbonyl (C=O) groups is 2. The van der Waals surface area contributed by atoms with Gasteiger partial charge in [0.15, 0.2) is 0 Å². The third-order valence-corrected chi connectivity index (χ3v) is 4.36. The molecule has 0 radical (unpaired) electrons. The van der Waals surface area contributed by atoms with Crippen LogP contribution in [-0.2, 0) is 24.1 Å². The summed E-state index contributed by atoms with van der Waals surface area (Å²) >= 11 is 1.75. The van der Waals surface area contributed by atoms with Crippen molar-refractivity contribution in [2.24, 2.45) is 0 Å². The Bertz CT molecular complexity index is 464. The first-order chi connectivity index (χ1) is 9.65. The molecule has 2 rings (SSSR count). The van der Waals surface area contributed by atoms with Crippen LogP contribution < -0.4 is 10.6 Å². The van der Waals surface area contributed by atoms with Crippen molar-refractivity contribution in [1.29, 1.82) is 0 Å². The summed E-state index contributed by atoms with van der Waals surface area (Å²) in [6, 6.07) is -0.326. The first kappa shape index (κ1) is 14.8. The van der Waals surface area contributed by atoms with Gasteiger partial charge in [-0.3, -0.25) is 4.79 Å². The van der Waals surface area contributed by atoms with Gasteiger partial charge in [-0.25, -0.2) is 9.78 Å². The van der Waals surface area contributed by atoms with Crippen LogP contribution in [-0.4, -0.2) is 35.2 Å². The highest BCUT2D eigenvalue weighted by atomic mass is 32.1. The summed E-state index contributed by atoms with van der Waals surface area (Å²) in [5.74, 6) is -0.918. The van der Waals surface area contributed by atoms with Crippen molar-refractivity contribution in [2.45, 2.75) is 38.5 Å². The normalized spacial score (nSPS) is 13.6. The molecule has 110 valence electrons. The van der Waals surface area contributed by atoms with Crippen LogP contribution >= 0.6 is 11.3 Å². The number of urea groups is 1. The van der Waals surface area contributed by atoms with E-state index in [9.17, 15) is 9.59 Å². The Balaban J connectivity index is 1.66. The lowest BCUT2D eigenvalue weighted by molar-refractivity contribution is -0.136. The van der Waals surface area contributed by atoms with E-state index in [2.05, 4.69) is 15.6 Å². The smallest absolute Gasteiger partial charge is 0.314 e. The van der Waals surface area contributed by atoms with Gasteiger partial charge in [0.25, 0.3) is 0 Å². The highest BCUT2D eigenvalue weighted by Crippen LogP contribution is 2.26. The summed E-state index contributed by atoms with van der Waals surface area (Å²) in [4.78, 5) is 27.7. The Morgan fingerprint density at radius 2 is 1.95 bits per heavy atom. The van der Waals surface area contributed by atoms with Gasteiger partial charge in [-0.05, 0) is 25.7 Å². The SMILES string of the molecule is O=C(O)CCNC(=O)NCCc1nc2c(s1)CCCC2. The number of carboxylic acid groups (broad SMARTS) is 1. The number of amides is 2. The summed E-state index contributed by atoms with van der Waals surface area (Å²) in [7, 11) is 0. The molecule has 1 aromatic rings. The summed E-state index contributed by atoms with van der Waals surface area (Å²) in [5.41, 5.74) is 1.24. The van der Waals surface area contributed by atoms with Crippen LogP contribution in [0.3, 0.4) is 0 Å². The molecule has 0 fully saturated rings. The maximum atomic E-state index is 11.4. The van der Waals surface area contributed by atoms with Gasteiger partial charge < -0.3 is 15.7 Å². The molecule has 7 heteroatoms. The predicted octanol–water partition coefficient (Wildman–Crippen LogP) is 1.34. The molecule has 1 aromatic heterocycles. The minimum atomic E-state index is -0.918. The predicted molar refractivity (Wildman–Crippen MR) is 76.1 cm³/mol. The molecule has 1 aliphatic rings. The van der Waals surface area contributed by atoms with Gasteiger partial charge in [0.2, 0.25) is 0 Å². The standard InChI is InChI=1S/C13H19N3O3S/c17-12(18)6-8-15-13(19)14-7-5-11-16-9-3-1-2-4-10(9)20-11/h1-8H2,(H,17,18)(H2,14,15,19). The number of nitrogens with zero attached hydrogens (tertiary/aromatic N) is 1. The summed E-state index contributed by atoms with van der Waals surface area (Å²) < 4.78 is 0. The van der Waals surface area contributed by atoms with Gasteiger partial charge in [0, 0.05) is 24.4 Å². The van der Waals surface area contributed by atoms with E-state index in [4.69, 9.17) is 5.11 Å². The van der Waals surface area contributed by atoms with Crippen molar-refractivity contribution >= 4 is 23.3 Å². The van der Waals surface area contributed by atoms with Crippen LogP contribution in [0.5, 0.6) is 0 Å². The highest BCUT2D eigenvalue weighted by molar-refractivity contribution is 7.11.